The first kappa shape index (κ1) is 22.6. The largest absolute Gasteiger partial charge is 0.389 e. The molecule has 0 saturated carbocycles. The van der Waals surface area contributed by atoms with E-state index in [9.17, 15) is 13.5 Å². The highest BCUT2D eigenvalue weighted by Crippen LogP contribution is 2.28. The van der Waals surface area contributed by atoms with Crippen LogP contribution in [-0.2, 0) is 19.5 Å². The van der Waals surface area contributed by atoms with Gasteiger partial charge in [-0.05, 0) is 47.0 Å². The molecule has 2 atom stereocenters. The molecule has 2 unspecified atom stereocenters. The number of hydrogen-bond acceptors (Lipinski definition) is 6. The third-order valence-electron chi connectivity index (χ3n) is 4.95. The Morgan fingerprint density at radius 3 is 2.68 bits per heavy atom. The van der Waals surface area contributed by atoms with Crippen molar-refractivity contribution in [2.45, 2.75) is 29.9 Å². The third-order valence-corrected chi connectivity index (χ3v) is 8.34. The molecule has 158 valence electrons. The zero-order valence-corrected chi connectivity index (χ0v) is 19.6. The van der Waals surface area contributed by atoms with Gasteiger partial charge in [-0.2, -0.15) is 4.31 Å². The average molecular weight is 542 g/mol. The number of piperazine rings is 1. The second kappa shape index (κ2) is 10.3. The molecule has 7 nitrogen and oxygen atoms in total. The molecular formula is C18H26Br2N2O5S. The third kappa shape index (κ3) is 5.98. The minimum atomic E-state index is -3.56. The lowest BCUT2D eigenvalue weighted by Crippen LogP contribution is -2.50. The molecule has 2 aliphatic heterocycles. The monoisotopic (exact) mass is 540 g/mol. The Morgan fingerprint density at radius 2 is 2.00 bits per heavy atom. The van der Waals surface area contributed by atoms with Gasteiger partial charge in [-0.1, -0.05) is 15.9 Å². The predicted molar refractivity (Wildman–Crippen MR) is 113 cm³/mol. The first-order valence-corrected chi connectivity index (χ1v) is 12.4. The molecule has 1 aromatic carbocycles. The lowest BCUT2D eigenvalue weighted by atomic mass is 10.2. The Morgan fingerprint density at radius 1 is 1.25 bits per heavy atom. The van der Waals surface area contributed by atoms with E-state index in [-0.39, 0.29) is 17.6 Å². The number of rotatable bonds is 8. The second-order valence-electron chi connectivity index (χ2n) is 7.11. The van der Waals surface area contributed by atoms with Crippen molar-refractivity contribution in [3.8, 4) is 0 Å². The zero-order chi connectivity index (χ0) is 20.1. The van der Waals surface area contributed by atoms with Crippen molar-refractivity contribution in [2.24, 2.45) is 0 Å². The summed E-state index contributed by atoms with van der Waals surface area (Å²) in [6.07, 6.45) is 1.64. The van der Waals surface area contributed by atoms with E-state index in [1.807, 2.05) is 0 Å². The molecule has 3 rings (SSSR count). The average Bonchev–Trinajstić information content (AvgIpc) is 3.17. The molecule has 0 radical (unpaired) electrons. The van der Waals surface area contributed by atoms with Crippen molar-refractivity contribution in [2.75, 3.05) is 52.5 Å². The molecule has 0 bridgehead atoms. The van der Waals surface area contributed by atoms with Gasteiger partial charge in [0.25, 0.3) is 0 Å². The maximum Gasteiger partial charge on any atom is 0.244 e. The Bertz CT molecular complexity index is 750. The van der Waals surface area contributed by atoms with Crippen molar-refractivity contribution >= 4 is 41.9 Å². The molecule has 0 amide bonds. The van der Waals surface area contributed by atoms with E-state index in [1.54, 1.807) is 18.2 Å². The van der Waals surface area contributed by atoms with Crippen LogP contribution >= 0.6 is 31.9 Å². The van der Waals surface area contributed by atoms with Crippen LogP contribution in [0.25, 0.3) is 0 Å². The lowest BCUT2D eigenvalue weighted by Gasteiger charge is -2.35. The maximum atomic E-state index is 12.9. The molecule has 0 spiro atoms. The topological polar surface area (TPSA) is 79.3 Å². The summed E-state index contributed by atoms with van der Waals surface area (Å²) in [6, 6.07) is 5.13. The van der Waals surface area contributed by atoms with Crippen LogP contribution in [-0.4, -0.2) is 87.5 Å². The van der Waals surface area contributed by atoms with Crippen molar-refractivity contribution in [3.05, 3.63) is 27.1 Å². The fraction of sp³-hybridized carbons (Fsp3) is 0.667. The van der Waals surface area contributed by atoms with Crippen molar-refractivity contribution < 1.29 is 23.0 Å². The molecule has 0 aliphatic carbocycles. The highest BCUT2D eigenvalue weighted by atomic mass is 79.9. The van der Waals surface area contributed by atoms with Crippen LogP contribution in [0.2, 0.25) is 0 Å². The molecule has 2 saturated heterocycles. The highest BCUT2D eigenvalue weighted by Gasteiger charge is 2.30. The van der Waals surface area contributed by atoms with E-state index in [1.165, 1.54) is 4.31 Å². The molecule has 0 aromatic heterocycles. The quantitative estimate of drug-likeness (QED) is 0.543. The number of sulfonamides is 1. The van der Waals surface area contributed by atoms with E-state index in [4.69, 9.17) is 9.47 Å². The number of nitrogens with zero attached hydrogens (tertiary/aromatic N) is 2. The Kier molecular flexibility index (Phi) is 8.32. The summed E-state index contributed by atoms with van der Waals surface area (Å²) < 4.78 is 39.7. The minimum Gasteiger partial charge on any atom is -0.389 e. The van der Waals surface area contributed by atoms with Gasteiger partial charge >= 0.3 is 0 Å². The Labute approximate surface area is 183 Å². The smallest absolute Gasteiger partial charge is 0.244 e. The standard InChI is InChI=1S/C18H26Br2N2O5S/c19-14-3-4-17(20)18(10-14)28(24,25)22-7-5-21(6-8-22)11-15(23)12-26-13-16-2-1-9-27-16/h3-4,10,15-16,23H,1-2,5-9,11-13H2. The summed E-state index contributed by atoms with van der Waals surface area (Å²) in [5.41, 5.74) is 0. The second-order valence-corrected chi connectivity index (χ2v) is 10.8. The van der Waals surface area contributed by atoms with Crippen LogP contribution in [0, 0.1) is 0 Å². The summed E-state index contributed by atoms with van der Waals surface area (Å²) in [7, 11) is -3.56. The number of halogens is 2. The summed E-state index contributed by atoms with van der Waals surface area (Å²) in [6.45, 7) is 3.99. The molecular weight excluding hydrogens is 516 g/mol. The number of ether oxygens (including phenoxy) is 2. The van der Waals surface area contributed by atoms with Gasteiger partial charge < -0.3 is 14.6 Å². The SMILES string of the molecule is O=S(=O)(c1cc(Br)ccc1Br)N1CCN(CC(O)COCC2CCCO2)CC1. The van der Waals surface area contributed by atoms with Crippen LogP contribution < -0.4 is 0 Å². The van der Waals surface area contributed by atoms with Crippen LogP contribution in [0.3, 0.4) is 0 Å². The van der Waals surface area contributed by atoms with Gasteiger partial charge in [0.2, 0.25) is 10.0 Å². The summed E-state index contributed by atoms with van der Waals surface area (Å²) >= 11 is 6.66. The molecule has 1 N–H and O–H groups in total. The summed E-state index contributed by atoms with van der Waals surface area (Å²) in [4.78, 5) is 2.33. The summed E-state index contributed by atoms with van der Waals surface area (Å²) in [5, 5.41) is 10.2. The number of hydrogen-bond donors (Lipinski definition) is 1. The first-order chi connectivity index (χ1) is 13.4. The number of β-amino-alcohol motifs (C(OH)–C–C–N with tert-alkyl or cyclic N) is 1. The number of benzene rings is 1. The molecule has 2 aliphatic rings. The molecule has 1 aromatic rings. The fourth-order valence-electron chi connectivity index (χ4n) is 3.43. The predicted octanol–water partition coefficient (Wildman–Crippen LogP) is 2.07. The van der Waals surface area contributed by atoms with Gasteiger partial charge in [-0.15, -0.1) is 0 Å². The van der Waals surface area contributed by atoms with Crippen molar-refractivity contribution in [1.29, 1.82) is 0 Å². The van der Waals surface area contributed by atoms with E-state index in [0.29, 0.717) is 43.8 Å². The Hall–Kier alpha value is -0.0700. The molecule has 2 heterocycles. The minimum absolute atomic E-state index is 0.151. The van der Waals surface area contributed by atoms with Crippen molar-refractivity contribution in [1.82, 2.24) is 9.21 Å². The van der Waals surface area contributed by atoms with Crippen LogP contribution in [0.1, 0.15) is 12.8 Å². The van der Waals surface area contributed by atoms with Crippen LogP contribution in [0.5, 0.6) is 0 Å². The molecule has 28 heavy (non-hydrogen) atoms. The lowest BCUT2D eigenvalue weighted by molar-refractivity contribution is -0.0270. The fourth-order valence-corrected chi connectivity index (χ4v) is 6.31. The number of aliphatic hydroxyl groups is 1. The highest BCUT2D eigenvalue weighted by molar-refractivity contribution is 9.11. The van der Waals surface area contributed by atoms with Gasteiger partial charge in [0, 0.05) is 48.3 Å². The van der Waals surface area contributed by atoms with Gasteiger partial charge in [-0.3, -0.25) is 4.90 Å². The van der Waals surface area contributed by atoms with Gasteiger partial charge in [0.05, 0.1) is 30.3 Å². The normalized spacial score (nSPS) is 23.2. The van der Waals surface area contributed by atoms with E-state index in [2.05, 4.69) is 36.8 Å². The van der Waals surface area contributed by atoms with E-state index < -0.39 is 16.1 Å². The first-order valence-electron chi connectivity index (χ1n) is 9.41. The van der Waals surface area contributed by atoms with E-state index in [0.717, 1.165) is 23.9 Å². The zero-order valence-electron chi connectivity index (χ0n) is 15.6. The maximum absolute atomic E-state index is 12.9. The molecule has 2 fully saturated rings. The number of aliphatic hydroxyl groups excluding tert-OH is 1. The van der Waals surface area contributed by atoms with Gasteiger partial charge in [0.1, 0.15) is 0 Å². The van der Waals surface area contributed by atoms with Crippen molar-refractivity contribution in [3.63, 3.8) is 0 Å². The molecule has 10 heteroatoms. The van der Waals surface area contributed by atoms with Gasteiger partial charge in [0.15, 0.2) is 0 Å². The van der Waals surface area contributed by atoms with Gasteiger partial charge in [-0.25, -0.2) is 8.42 Å². The van der Waals surface area contributed by atoms with Crippen LogP contribution in [0.15, 0.2) is 32.0 Å². The van der Waals surface area contributed by atoms with Crippen LogP contribution in [0.4, 0.5) is 0 Å². The van der Waals surface area contributed by atoms with E-state index >= 15 is 0 Å². The Balaban J connectivity index is 1.45. The summed E-state index contributed by atoms with van der Waals surface area (Å²) in [5.74, 6) is 0.